The molecular formula is C18H13N3O3S. The van der Waals surface area contributed by atoms with Crippen LogP contribution in [0.4, 0.5) is 5.69 Å². The number of rotatable bonds is 4. The van der Waals surface area contributed by atoms with Crippen LogP contribution in [0, 0.1) is 0 Å². The summed E-state index contributed by atoms with van der Waals surface area (Å²) in [7, 11) is -3.71. The fourth-order valence-corrected chi connectivity index (χ4v) is 3.55. The number of hydrogen-bond donors (Lipinski definition) is 1. The molecule has 1 N–H and O–H groups in total. The second-order valence-electron chi connectivity index (χ2n) is 5.31. The quantitative estimate of drug-likeness (QED) is 0.606. The molecule has 2 heterocycles. The first kappa shape index (κ1) is 15.3. The van der Waals surface area contributed by atoms with E-state index in [0.717, 1.165) is 0 Å². The second kappa shape index (κ2) is 6.03. The van der Waals surface area contributed by atoms with Crippen LogP contribution < -0.4 is 4.72 Å². The Hall–Kier alpha value is -3.19. The van der Waals surface area contributed by atoms with E-state index >= 15 is 0 Å². The predicted molar refractivity (Wildman–Crippen MR) is 94.5 cm³/mol. The molecule has 0 fully saturated rings. The third-order valence-electron chi connectivity index (χ3n) is 3.62. The average molecular weight is 351 g/mol. The number of hydrogen-bond acceptors (Lipinski definition) is 5. The number of nitrogens with zero attached hydrogens (tertiary/aromatic N) is 2. The molecule has 0 radical (unpaired) electrons. The average Bonchev–Trinajstić information content (AvgIpc) is 3.06. The highest BCUT2D eigenvalue weighted by atomic mass is 32.2. The molecule has 2 aromatic heterocycles. The Balaban J connectivity index is 1.77. The van der Waals surface area contributed by atoms with Gasteiger partial charge in [0.2, 0.25) is 11.6 Å². The van der Waals surface area contributed by atoms with E-state index in [1.54, 1.807) is 60.8 Å². The lowest BCUT2D eigenvalue weighted by Gasteiger charge is -2.10. The number of nitrogens with one attached hydrogen (secondary N) is 1. The molecule has 0 aliphatic heterocycles. The van der Waals surface area contributed by atoms with Gasteiger partial charge in [0.05, 0.1) is 16.1 Å². The van der Waals surface area contributed by atoms with Crippen molar-refractivity contribution < 1.29 is 12.8 Å². The Morgan fingerprint density at radius 3 is 2.44 bits per heavy atom. The SMILES string of the molecule is O=S(=O)(Nc1ccccc1-c1nc2cccnc2o1)c1ccccc1. The molecule has 4 rings (SSSR count). The Kier molecular flexibility index (Phi) is 3.70. The van der Waals surface area contributed by atoms with E-state index in [1.807, 2.05) is 0 Å². The lowest BCUT2D eigenvalue weighted by atomic mass is 10.2. The number of benzene rings is 2. The maximum atomic E-state index is 12.6. The van der Waals surface area contributed by atoms with Crippen molar-refractivity contribution >= 4 is 26.9 Å². The van der Waals surface area contributed by atoms with E-state index in [-0.39, 0.29) is 4.90 Å². The third-order valence-corrected chi connectivity index (χ3v) is 5.00. The summed E-state index contributed by atoms with van der Waals surface area (Å²) in [6, 6.07) is 18.7. The molecule has 0 atom stereocenters. The summed E-state index contributed by atoms with van der Waals surface area (Å²) >= 11 is 0. The largest absolute Gasteiger partial charge is 0.418 e. The number of pyridine rings is 1. The number of aromatic nitrogens is 2. The van der Waals surface area contributed by atoms with Crippen molar-refractivity contribution in [1.82, 2.24) is 9.97 Å². The Morgan fingerprint density at radius 2 is 1.64 bits per heavy atom. The normalized spacial score (nSPS) is 11.5. The van der Waals surface area contributed by atoms with Gasteiger partial charge in [0.1, 0.15) is 5.52 Å². The molecule has 0 spiro atoms. The van der Waals surface area contributed by atoms with E-state index < -0.39 is 10.0 Å². The predicted octanol–water partition coefficient (Wildman–Crippen LogP) is 3.69. The zero-order valence-electron chi connectivity index (χ0n) is 13.0. The van der Waals surface area contributed by atoms with E-state index in [0.29, 0.717) is 28.4 Å². The Bertz CT molecular complexity index is 1110. The van der Waals surface area contributed by atoms with Crippen molar-refractivity contribution in [2.45, 2.75) is 4.90 Å². The van der Waals surface area contributed by atoms with Crippen LogP contribution in [0.15, 0.2) is 82.2 Å². The van der Waals surface area contributed by atoms with Gasteiger partial charge >= 0.3 is 0 Å². The Morgan fingerprint density at radius 1 is 0.880 bits per heavy atom. The van der Waals surface area contributed by atoms with Crippen LogP contribution in [0.3, 0.4) is 0 Å². The van der Waals surface area contributed by atoms with Crippen LogP contribution in [0.25, 0.3) is 22.7 Å². The monoisotopic (exact) mass is 351 g/mol. The molecular weight excluding hydrogens is 338 g/mol. The van der Waals surface area contributed by atoms with Gasteiger partial charge in [0.25, 0.3) is 10.0 Å². The van der Waals surface area contributed by atoms with Gasteiger partial charge in [-0.15, -0.1) is 0 Å². The molecule has 0 unspecified atom stereocenters. The highest BCUT2D eigenvalue weighted by molar-refractivity contribution is 7.92. The molecule has 124 valence electrons. The smallest absolute Gasteiger partial charge is 0.261 e. The topological polar surface area (TPSA) is 85.1 Å². The maximum absolute atomic E-state index is 12.6. The van der Waals surface area contributed by atoms with Crippen LogP contribution in [0.5, 0.6) is 0 Å². The van der Waals surface area contributed by atoms with Crippen molar-refractivity contribution in [3.63, 3.8) is 0 Å². The minimum absolute atomic E-state index is 0.184. The Labute approximate surface area is 144 Å². The molecule has 6 nitrogen and oxygen atoms in total. The number of anilines is 1. The van der Waals surface area contributed by atoms with Gasteiger partial charge in [-0.1, -0.05) is 30.3 Å². The fraction of sp³-hybridized carbons (Fsp3) is 0. The fourth-order valence-electron chi connectivity index (χ4n) is 2.45. The summed E-state index contributed by atoms with van der Waals surface area (Å²) in [5, 5.41) is 0. The third kappa shape index (κ3) is 2.97. The zero-order valence-corrected chi connectivity index (χ0v) is 13.8. The van der Waals surface area contributed by atoms with Crippen LogP contribution in [-0.2, 0) is 10.0 Å². The van der Waals surface area contributed by atoms with Crippen molar-refractivity contribution in [2.24, 2.45) is 0 Å². The van der Waals surface area contributed by atoms with Crippen molar-refractivity contribution in [1.29, 1.82) is 0 Å². The van der Waals surface area contributed by atoms with E-state index in [2.05, 4.69) is 14.7 Å². The van der Waals surface area contributed by atoms with Gasteiger partial charge in [-0.05, 0) is 36.4 Å². The van der Waals surface area contributed by atoms with Crippen molar-refractivity contribution in [3.8, 4) is 11.5 Å². The molecule has 0 aliphatic rings. The van der Waals surface area contributed by atoms with Crippen LogP contribution in [-0.4, -0.2) is 18.4 Å². The van der Waals surface area contributed by atoms with E-state index in [9.17, 15) is 8.42 Å². The molecule has 4 aromatic rings. The molecule has 0 bridgehead atoms. The van der Waals surface area contributed by atoms with Gasteiger partial charge in [-0.25, -0.2) is 18.4 Å². The summed E-state index contributed by atoms with van der Waals surface area (Å²) in [5.74, 6) is 0.306. The summed E-state index contributed by atoms with van der Waals surface area (Å²) < 4.78 is 33.4. The second-order valence-corrected chi connectivity index (χ2v) is 6.99. The lowest BCUT2D eigenvalue weighted by Crippen LogP contribution is -2.13. The summed E-state index contributed by atoms with van der Waals surface area (Å²) in [6.45, 7) is 0. The number of fused-ring (bicyclic) bond motifs is 1. The molecule has 2 aromatic carbocycles. The summed E-state index contributed by atoms with van der Waals surface area (Å²) in [5.41, 5.74) is 1.94. The maximum Gasteiger partial charge on any atom is 0.261 e. The molecule has 0 amide bonds. The zero-order chi connectivity index (χ0) is 17.3. The van der Waals surface area contributed by atoms with Crippen molar-refractivity contribution in [2.75, 3.05) is 4.72 Å². The molecule has 0 saturated heterocycles. The number of sulfonamides is 1. The van der Waals surface area contributed by atoms with Crippen molar-refractivity contribution in [3.05, 3.63) is 72.9 Å². The van der Waals surface area contributed by atoms with E-state index in [4.69, 9.17) is 4.42 Å². The molecule has 0 aliphatic carbocycles. The summed E-state index contributed by atoms with van der Waals surface area (Å²) in [6.07, 6.45) is 1.61. The minimum atomic E-state index is -3.71. The molecule has 7 heteroatoms. The van der Waals surface area contributed by atoms with E-state index in [1.165, 1.54) is 12.1 Å². The van der Waals surface area contributed by atoms with Crippen LogP contribution >= 0.6 is 0 Å². The van der Waals surface area contributed by atoms with Gasteiger partial charge in [-0.2, -0.15) is 0 Å². The molecule has 0 saturated carbocycles. The van der Waals surface area contributed by atoms with Crippen LogP contribution in [0.1, 0.15) is 0 Å². The van der Waals surface area contributed by atoms with Gasteiger partial charge in [-0.3, -0.25) is 4.72 Å². The first-order chi connectivity index (χ1) is 12.1. The number of oxazole rings is 1. The van der Waals surface area contributed by atoms with Gasteiger partial charge in [0, 0.05) is 6.20 Å². The van der Waals surface area contributed by atoms with Gasteiger partial charge in [0.15, 0.2) is 0 Å². The highest BCUT2D eigenvalue weighted by Crippen LogP contribution is 2.30. The number of para-hydroxylation sites is 1. The summed E-state index contributed by atoms with van der Waals surface area (Å²) in [4.78, 5) is 8.68. The lowest BCUT2D eigenvalue weighted by molar-refractivity contribution is 0.601. The highest BCUT2D eigenvalue weighted by Gasteiger charge is 2.18. The first-order valence-corrected chi connectivity index (χ1v) is 9.01. The first-order valence-electron chi connectivity index (χ1n) is 7.52. The minimum Gasteiger partial charge on any atom is -0.418 e. The molecule has 25 heavy (non-hydrogen) atoms. The van der Waals surface area contributed by atoms with Gasteiger partial charge < -0.3 is 4.42 Å². The van der Waals surface area contributed by atoms with Crippen LogP contribution in [0.2, 0.25) is 0 Å². The standard InChI is InChI=1S/C18H13N3O3S/c22-25(23,13-7-2-1-3-8-13)21-15-10-5-4-9-14(15)17-20-16-11-6-12-19-18(16)24-17/h1-12,21H.